The first-order chi connectivity index (χ1) is 11.0. The Morgan fingerprint density at radius 1 is 0.189 bits per heavy atom. The van der Waals surface area contributed by atoms with E-state index in [0.29, 0.717) is 0 Å². The Morgan fingerprint density at radius 3 is 0.257 bits per heavy atom. The third-order valence-corrected chi connectivity index (χ3v) is 2.15. The van der Waals surface area contributed by atoms with E-state index in [1.165, 1.54) is 0 Å². The van der Waals surface area contributed by atoms with Crippen molar-refractivity contribution in [3.8, 4) is 0 Å². The second kappa shape index (κ2) is 337. The summed E-state index contributed by atoms with van der Waals surface area (Å²) in [4.78, 5) is 29.6. The van der Waals surface area contributed by atoms with Crippen molar-refractivity contribution in [1.29, 1.82) is 0 Å². The van der Waals surface area contributed by atoms with Gasteiger partial charge in [-0.15, -0.1) is 0 Å². The van der Waals surface area contributed by atoms with Crippen LogP contribution in [0.25, 0.3) is 0 Å². The molecule has 9 nitrogen and oxygen atoms in total. The SMILES string of the molecule is C=C(CCO)C(=O)O.C=C(CCO)C(=O)O.C=C(CCO)C(=O)O.[NaH].[NaH].[NaH].[NaH].[NaH].[NaH].[NaH].[NaH].[NaH].[NaH].[NaH].[NaH].[NaH].[NaH].[NaH].[NaH].[NaH].[NaH].[NaH].[NaH].[NaH].[NaH].[NaH].[NaH].[NaH].[NaH].[NaH].[NaH].[NaH].[NaH].[NaH].[NaH].[NaH].[NaH].[NaH].[NaH].[NaH].[NaH].[NaH].[NaH].[NaH].[NaH].[NaH].[NaH].[NaH].[NaH].[NaH].[NaH].[NaH].[NaH]. The summed E-state index contributed by atoms with van der Waals surface area (Å²) in [6.45, 7) is 9.11. The molecule has 0 atom stereocenters. The van der Waals surface area contributed by atoms with Crippen LogP contribution in [0, 0.1) is 0 Å². The van der Waals surface area contributed by atoms with Gasteiger partial charge in [0.25, 0.3) is 0 Å². The van der Waals surface area contributed by atoms with E-state index < -0.39 is 17.9 Å². The van der Waals surface area contributed by atoms with Crippen molar-refractivity contribution in [2.75, 3.05) is 19.8 Å². The van der Waals surface area contributed by atoms with Gasteiger partial charge in [-0.2, -0.15) is 0 Å². The van der Waals surface area contributed by atoms with Crippen molar-refractivity contribution in [2.24, 2.45) is 0 Å². The summed E-state index contributed by atoms with van der Waals surface area (Å²) in [6, 6.07) is 0. The molecule has 0 aliphatic heterocycles. The average Bonchev–Trinajstić information content (AvgIpc) is 2.49. The Bertz CT molecular complexity index is 453. The number of carbonyl (C=O) groups is 3. The molecular formula is C15H74Na50O9. The zero-order chi connectivity index (χ0) is 19.7. The summed E-state index contributed by atoms with van der Waals surface area (Å²) >= 11 is 0. The molecule has 74 heavy (non-hydrogen) atoms. The summed E-state index contributed by atoms with van der Waals surface area (Å²) in [5.41, 5.74) is 0.146. The summed E-state index contributed by atoms with van der Waals surface area (Å²) in [5.74, 6) is -3.13. The first kappa shape index (κ1) is 376. The van der Waals surface area contributed by atoms with Crippen LogP contribution in [0.2, 0.25) is 0 Å². The minimum atomic E-state index is -1.04. The molecule has 238 valence electrons. The molecule has 0 saturated carbocycles. The topological polar surface area (TPSA) is 173 Å². The van der Waals surface area contributed by atoms with Crippen LogP contribution in [0.4, 0.5) is 0 Å². The minimum absolute atomic E-state index is 0. The maximum absolute atomic E-state index is 9.88. The van der Waals surface area contributed by atoms with Gasteiger partial charge in [0.1, 0.15) is 0 Å². The molecule has 0 amide bonds. The van der Waals surface area contributed by atoms with Crippen molar-refractivity contribution in [3.63, 3.8) is 0 Å². The van der Waals surface area contributed by atoms with Gasteiger partial charge in [-0.1, -0.05) is 19.7 Å². The van der Waals surface area contributed by atoms with Gasteiger partial charge in [0.15, 0.2) is 0 Å². The maximum atomic E-state index is 9.88. The standard InChI is InChI=1S/3C5H8O3.50Na.50H/c3*1-4(2-3-6)5(7)8;;;;;;;;;;;;;;;;;;;;;;;;;;;;;;;;;;;;;;;;;;;;;;;;;;;;;;;;;;;;;;;;;;;;;;;;;;;;;;;;;;;;;;;;;;;;;;;;;;;;/h3*6H,1-3H2,(H,7,8);;;;;;;;;;;;;;;;;;;;;;;;;;;;;;;;;;;;;;;;;;;;;;;;;;;;;;;;;;;;;;;;;;;;;;;;;;;;;;;;;;;;;;;;;;;;;;;;;;;;. The van der Waals surface area contributed by atoms with E-state index >= 15 is 0 Å². The number of aliphatic hydroxyl groups is 3. The number of aliphatic carboxylic acids is 3. The Morgan fingerprint density at radius 2 is 0.243 bits per heavy atom. The number of hydrogen-bond donors (Lipinski definition) is 6. The summed E-state index contributed by atoms with van der Waals surface area (Å²) < 4.78 is 0. The van der Waals surface area contributed by atoms with Crippen LogP contribution < -0.4 is 0 Å². The number of rotatable bonds is 9. The van der Waals surface area contributed by atoms with Crippen molar-refractivity contribution in [2.45, 2.75) is 19.3 Å². The van der Waals surface area contributed by atoms with Crippen LogP contribution in [0.1, 0.15) is 19.3 Å². The van der Waals surface area contributed by atoms with Crippen LogP contribution in [0.3, 0.4) is 0 Å². The van der Waals surface area contributed by atoms with Gasteiger partial charge < -0.3 is 30.6 Å². The van der Waals surface area contributed by atoms with Crippen LogP contribution in [0.5, 0.6) is 0 Å². The van der Waals surface area contributed by atoms with Gasteiger partial charge in [-0.25, -0.2) is 14.4 Å². The third-order valence-electron chi connectivity index (χ3n) is 2.15. The molecule has 0 saturated heterocycles. The molecule has 0 heterocycles. The second-order valence-electron chi connectivity index (χ2n) is 4.15. The monoisotopic (exact) mass is 1550 g/mol. The van der Waals surface area contributed by atoms with Crippen LogP contribution in [-0.4, -0.2) is 1550 Å². The fraction of sp³-hybridized carbons (Fsp3) is 0.400. The molecule has 0 unspecified atom stereocenters. The molecule has 0 spiro atoms. The zero-order valence-electron chi connectivity index (χ0n) is 13.3. The number of aliphatic hydroxyl groups excluding tert-OH is 3. The summed E-state index contributed by atoms with van der Waals surface area (Å²) in [5, 5.41) is 48.8. The van der Waals surface area contributed by atoms with E-state index in [1.54, 1.807) is 0 Å². The Hall–Kier alpha value is 47.5. The van der Waals surface area contributed by atoms with E-state index in [2.05, 4.69) is 19.7 Å². The normalized spacial score (nSPS) is 2.80. The number of hydrogen-bond acceptors (Lipinski definition) is 6. The molecule has 0 aromatic carbocycles. The van der Waals surface area contributed by atoms with E-state index in [4.69, 9.17) is 30.6 Å². The van der Waals surface area contributed by atoms with Gasteiger partial charge in [0, 0.05) is 55.8 Å². The summed E-state index contributed by atoms with van der Waals surface area (Å²) in [6.07, 6.45) is 0.444. The van der Waals surface area contributed by atoms with Gasteiger partial charge in [0.05, 0.1) is 0 Å². The molecule has 0 radical (unpaired) electrons. The number of carboxylic acids is 3. The fourth-order valence-electron chi connectivity index (χ4n) is 0.726. The molecule has 0 aromatic heterocycles. The quantitative estimate of drug-likeness (QED) is 0.0971. The first-order valence-corrected chi connectivity index (χ1v) is 6.60. The molecule has 0 rings (SSSR count). The number of carboxylic acid groups (broad SMARTS) is 3. The Balaban J connectivity index is -0.00000000131. The predicted octanol–water partition coefficient (Wildman–Crippen LogP) is -32.4. The fourth-order valence-corrected chi connectivity index (χ4v) is 0.726. The Kier molecular flexibility index (Phi) is 1710. The van der Waals surface area contributed by atoms with E-state index in [9.17, 15) is 14.4 Å². The average molecular weight is 1550 g/mol. The molecule has 59 heteroatoms. The molecule has 6 N–H and O–H groups in total. The van der Waals surface area contributed by atoms with Crippen LogP contribution in [0.15, 0.2) is 36.5 Å². The van der Waals surface area contributed by atoms with Crippen molar-refractivity contribution in [3.05, 3.63) is 36.5 Å². The third kappa shape index (κ3) is 358. The Labute approximate surface area is 1560 Å². The molecule has 0 fully saturated rings. The predicted molar refractivity (Wildman–Crippen MR) is 443 cm³/mol. The molecule has 0 bridgehead atoms. The molecule has 0 aromatic rings. The van der Waals surface area contributed by atoms with Crippen molar-refractivity contribution < 1.29 is 45.0 Å². The molecular weight excluding hydrogens is 1470 g/mol. The van der Waals surface area contributed by atoms with E-state index in [-0.39, 0.29) is 1530 Å². The van der Waals surface area contributed by atoms with Gasteiger partial charge in [0.2, 0.25) is 0 Å². The van der Waals surface area contributed by atoms with Gasteiger partial charge in [-0.3, -0.25) is 0 Å². The van der Waals surface area contributed by atoms with E-state index in [1.807, 2.05) is 0 Å². The zero-order valence-corrected chi connectivity index (χ0v) is 13.3. The molecule has 0 aliphatic carbocycles. The van der Waals surface area contributed by atoms with Gasteiger partial charge in [-0.05, 0) is 0 Å². The summed E-state index contributed by atoms with van der Waals surface area (Å²) in [7, 11) is 0. The van der Waals surface area contributed by atoms with E-state index in [0.717, 1.165) is 0 Å². The van der Waals surface area contributed by atoms with Crippen molar-refractivity contribution in [1.82, 2.24) is 0 Å². The second-order valence-corrected chi connectivity index (χ2v) is 4.15. The van der Waals surface area contributed by atoms with Crippen LogP contribution in [-0.2, 0) is 14.4 Å². The van der Waals surface area contributed by atoms with Crippen molar-refractivity contribution >= 4 is 1500 Å². The molecule has 0 aliphatic rings. The van der Waals surface area contributed by atoms with Crippen LogP contribution >= 0.6 is 0 Å². The first-order valence-electron chi connectivity index (χ1n) is 6.60. The van der Waals surface area contributed by atoms with Gasteiger partial charge >= 0.3 is 1500 Å².